The molecule has 1 aromatic rings. The van der Waals surface area contributed by atoms with Crippen LogP contribution in [-0.2, 0) is 0 Å². The van der Waals surface area contributed by atoms with Gasteiger partial charge in [-0.2, -0.15) is 0 Å². The molecule has 0 aliphatic rings. The minimum absolute atomic E-state index is 0. The van der Waals surface area contributed by atoms with E-state index in [0.29, 0.717) is 5.75 Å². The summed E-state index contributed by atoms with van der Waals surface area (Å²) < 4.78 is 4.95. The molecule has 1 radical (unpaired) electrons. The van der Waals surface area contributed by atoms with Crippen molar-refractivity contribution in [1.29, 1.82) is 0 Å². The van der Waals surface area contributed by atoms with Crippen LogP contribution >= 0.6 is 0 Å². The summed E-state index contributed by atoms with van der Waals surface area (Å²) in [6, 6.07) is 5.24. The van der Waals surface area contributed by atoms with Crippen molar-refractivity contribution >= 4 is 35.6 Å². The van der Waals surface area contributed by atoms with Gasteiger partial charge in [-0.3, -0.25) is 0 Å². The molecule has 0 atom stereocenters. The molecule has 13 heavy (non-hydrogen) atoms. The summed E-state index contributed by atoms with van der Waals surface area (Å²) in [6.07, 6.45) is 3.88. The van der Waals surface area contributed by atoms with Gasteiger partial charge in [0, 0.05) is 29.6 Å². The number of allylic oxidation sites excluding steroid dienone is 1. The number of phenolic OH excluding ortho intramolecular Hbond substituents is 1. The molecule has 65 valence electrons. The Bertz CT molecular complexity index is 295. The van der Waals surface area contributed by atoms with Crippen LogP contribution in [0.1, 0.15) is 12.5 Å². The Morgan fingerprint density at radius 2 is 2.08 bits per heavy atom. The first kappa shape index (κ1) is 12.6. The predicted octanol–water partition coefficient (Wildman–Crippen LogP) is 2.05. The van der Waals surface area contributed by atoms with Crippen molar-refractivity contribution in [3.63, 3.8) is 0 Å². The summed E-state index contributed by atoms with van der Waals surface area (Å²) in [5, 5.41) is 9.25. The first-order valence-corrected chi connectivity index (χ1v) is 3.77. The minimum Gasteiger partial charge on any atom is -0.504 e. The molecule has 0 unspecified atom stereocenters. The van der Waals surface area contributed by atoms with Gasteiger partial charge >= 0.3 is 0 Å². The van der Waals surface area contributed by atoms with Crippen LogP contribution in [0.5, 0.6) is 11.5 Å². The number of phenols is 1. The van der Waals surface area contributed by atoms with Gasteiger partial charge in [-0.1, -0.05) is 18.2 Å². The Morgan fingerprint density at radius 1 is 1.38 bits per heavy atom. The third-order valence-electron chi connectivity index (χ3n) is 1.56. The van der Waals surface area contributed by atoms with Gasteiger partial charge in [0.05, 0.1) is 7.11 Å². The van der Waals surface area contributed by atoms with E-state index in [9.17, 15) is 5.11 Å². The average molecular weight is 187 g/mol. The van der Waals surface area contributed by atoms with Crippen LogP contribution in [0.25, 0.3) is 6.08 Å². The molecule has 0 heterocycles. The van der Waals surface area contributed by atoms with Crippen LogP contribution in [-0.4, -0.2) is 41.8 Å². The van der Waals surface area contributed by atoms with Gasteiger partial charge in [0.15, 0.2) is 11.5 Å². The zero-order chi connectivity index (χ0) is 8.97. The second kappa shape index (κ2) is 6.08. The van der Waals surface area contributed by atoms with E-state index in [2.05, 4.69) is 0 Å². The summed E-state index contributed by atoms with van der Waals surface area (Å²) in [6.45, 7) is 1.94. The van der Waals surface area contributed by atoms with Gasteiger partial charge in [0.1, 0.15) is 0 Å². The fraction of sp³-hybridized carbons (Fsp3) is 0.200. The van der Waals surface area contributed by atoms with Crippen molar-refractivity contribution < 1.29 is 9.84 Å². The van der Waals surface area contributed by atoms with E-state index in [1.807, 2.05) is 25.1 Å². The van der Waals surface area contributed by atoms with Crippen LogP contribution in [0.2, 0.25) is 0 Å². The van der Waals surface area contributed by atoms with Crippen molar-refractivity contribution in [3.05, 3.63) is 29.8 Å². The van der Waals surface area contributed by atoms with Crippen molar-refractivity contribution in [2.75, 3.05) is 7.11 Å². The van der Waals surface area contributed by atoms with Crippen LogP contribution in [0.15, 0.2) is 24.3 Å². The molecule has 1 N–H and O–H groups in total. The number of hydrogen-bond acceptors (Lipinski definition) is 2. The number of rotatable bonds is 2. The van der Waals surface area contributed by atoms with E-state index in [1.165, 1.54) is 7.11 Å². The molecule has 0 fully saturated rings. The standard InChI is InChI=1S/C10H12O2.Na/c1-3-4-8-5-6-9(11)10(7-8)12-2;/h3-7,11H,1-2H3;. The van der Waals surface area contributed by atoms with E-state index in [0.717, 1.165) is 5.56 Å². The Labute approximate surface area is 101 Å². The van der Waals surface area contributed by atoms with Crippen molar-refractivity contribution in [2.24, 2.45) is 0 Å². The monoisotopic (exact) mass is 187 g/mol. The summed E-state index contributed by atoms with van der Waals surface area (Å²) in [5.74, 6) is 0.677. The maximum Gasteiger partial charge on any atom is 0.161 e. The number of methoxy groups -OCH3 is 1. The average Bonchev–Trinajstić information content (AvgIpc) is 2.09. The largest absolute Gasteiger partial charge is 0.504 e. The number of aromatic hydroxyl groups is 1. The van der Waals surface area contributed by atoms with E-state index < -0.39 is 0 Å². The molecule has 0 aliphatic heterocycles. The smallest absolute Gasteiger partial charge is 0.161 e. The molecule has 1 aromatic carbocycles. The van der Waals surface area contributed by atoms with Gasteiger partial charge in [-0.15, -0.1) is 0 Å². The van der Waals surface area contributed by atoms with E-state index in [4.69, 9.17) is 4.74 Å². The first-order valence-electron chi connectivity index (χ1n) is 3.77. The quantitative estimate of drug-likeness (QED) is 0.718. The summed E-state index contributed by atoms with van der Waals surface area (Å²) in [4.78, 5) is 0. The van der Waals surface area contributed by atoms with Crippen LogP contribution in [0, 0.1) is 0 Å². The molecule has 2 nitrogen and oxygen atoms in total. The maximum atomic E-state index is 9.25. The van der Waals surface area contributed by atoms with Gasteiger partial charge in [-0.05, 0) is 24.6 Å². The second-order valence-corrected chi connectivity index (χ2v) is 2.43. The summed E-state index contributed by atoms with van der Waals surface area (Å²) >= 11 is 0. The molecular weight excluding hydrogens is 175 g/mol. The zero-order valence-corrected chi connectivity index (χ0v) is 10.2. The van der Waals surface area contributed by atoms with Crippen LogP contribution < -0.4 is 4.74 Å². The number of benzene rings is 1. The van der Waals surface area contributed by atoms with Crippen molar-refractivity contribution in [3.8, 4) is 11.5 Å². The number of ether oxygens (including phenoxy) is 1. The Hall–Kier alpha value is -0.440. The third kappa shape index (κ3) is 3.43. The fourth-order valence-electron chi connectivity index (χ4n) is 0.990. The van der Waals surface area contributed by atoms with Crippen LogP contribution in [0.3, 0.4) is 0 Å². The van der Waals surface area contributed by atoms with E-state index >= 15 is 0 Å². The normalized spacial score (nSPS) is 9.69. The number of hydrogen-bond donors (Lipinski definition) is 1. The molecule has 3 heteroatoms. The Morgan fingerprint density at radius 3 is 2.62 bits per heavy atom. The Kier molecular flexibility index (Phi) is 5.88. The molecule has 0 bridgehead atoms. The first-order chi connectivity index (χ1) is 5.77. The molecular formula is C10H12NaO2. The van der Waals surface area contributed by atoms with Gasteiger partial charge < -0.3 is 9.84 Å². The molecule has 0 saturated carbocycles. The topological polar surface area (TPSA) is 29.5 Å². The summed E-state index contributed by atoms with van der Waals surface area (Å²) in [7, 11) is 1.54. The molecule has 0 saturated heterocycles. The molecule has 0 aromatic heterocycles. The minimum atomic E-state index is 0. The molecule has 0 spiro atoms. The maximum absolute atomic E-state index is 9.25. The molecule has 1 rings (SSSR count). The van der Waals surface area contributed by atoms with E-state index in [-0.39, 0.29) is 35.3 Å². The van der Waals surface area contributed by atoms with Gasteiger partial charge in [-0.25, -0.2) is 0 Å². The van der Waals surface area contributed by atoms with Gasteiger partial charge in [0.2, 0.25) is 0 Å². The second-order valence-electron chi connectivity index (χ2n) is 2.43. The van der Waals surface area contributed by atoms with Crippen LogP contribution in [0.4, 0.5) is 0 Å². The SMILES string of the molecule is CC=Cc1ccc(O)c(OC)c1.[Na]. The predicted molar refractivity (Wildman–Crippen MR) is 55.1 cm³/mol. The molecule has 0 amide bonds. The third-order valence-corrected chi connectivity index (χ3v) is 1.56. The Balaban J connectivity index is 0.00000144. The van der Waals surface area contributed by atoms with Gasteiger partial charge in [0.25, 0.3) is 0 Å². The van der Waals surface area contributed by atoms with E-state index in [1.54, 1.807) is 12.1 Å². The molecule has 0 aliphatic carbocycles. The fourth-order valence-corrected chi connectivity index (χ4v) is 0.990. The summed E-state index contributed by atoms with van der Waals surface area (Å²) in [5.41, 5.74) is 1.02. The van der Waals surface area contributed by atoms with Crippen molar-refractivity contribution in [2.45, 2.75) is 6.92 Å². The van der Waals surface area contributed by atoms with Crippen molar-refractivity contribution in [1.82, 2.24) is 0 Å². The zero-order valence-electron chi connectivity index (χ0n) is 8.24.